The van der Waals surface area contributed by atoms with Gasteiger partial charge in [-0.25, -0.2) is 0 Å². The van der Waals surface area contributed by atoms with Gasteiger partial charge in [0.2, 0.25) is 0 Å². The second-order valence-corrected chi connectivity index (χ2v) is 3.20. The zero-order chi connectivity index (χ0) is 9.80. The van der Waals surface area contributed by atoms with Crippen LogP contribution in [0.15, 0.2) is 41.6 Å². The monoisotopic (exact) mass is 184 g/mol. The summed E-state index contributed by atoms with van der Waals surface area (Å²) in [4.78, 5) is 8.53. The lowest BCUT2D eigenvalue weighted by Gasteiger charge is -2.03. The quantitative estimate of drug-likeness (QED) is 0.658. The van der Waals surface area contributed by atoms with Gasteiger partial charge in [-0.2, -0.15) is 0 Å². The van der Waals surface area contributed by atoms with Crippen molar-refractivity contribution < 1.29 is 0 Å². The number of allylic oxidation sites excluding steroid dienone is 3. The number of aliphatic imine (C=N–C) groups is 1. The number of nitrogens with zero attached hydrogens (tertiary/aromatic N) is 2. The number of pyridine rings is 1. The molecule has 0 N–H and O–H groups in total. The Bertz CT molecular complexity index is 414. The van der Waals surface area contributed by atoms with Crippen LogP contribution in [0.1, 0.15) is 11.3 Å². The van der Waals surface area contributed by atoms with Crippen LogP contribution in [0.3, 0.4) is 0 Å². The molecule has 0 atom stereocenters. The summed E-state index contributed by atoms with van der Waals surface area (Å²) < 4.78 is 0. The van der Waals surface area contributed by atoms with Gasteiger partial charge in [0, 0.05) is 12.4 Å². The normalized spacial score (nSPS) is 15.1. The van der Waals surface area contributed by atoms with Crippen molar-refractivity contribution in [2.75, 3.05) is 6.54 Å². The summed E-state index contributed by atoms with van der Waals surface area (Å²) in [7, 11) is 0. The van der Waals surface area contributed by atoms with Crippen molar-refractivity contribution in [1.82, 2.24) is 4.98 Å². The summed E-state index contributed by atoms with van der Waals surface area (Å²) in [5, 5.41) is 0. The summed E-state index contributed by atoms with van der Waals surface area (Å²) in [6, 6.07) is 4.03. The molecular formula is C12H12N2. The summed E-state index contributed by atoms with van der Waals surface area (Å²) >= 11 is 0. The third-order valence-corrected chi connectivity index (χ3v) is 2.17. The van der Waals surface area contributed by atoms with E-state index in [-0.39, 0.29) is 0 Å². The molecule has 0 unspecified atom stereocenters. The van der Waals surface area contributed by atoms with E-state index in [0.717, 1.165) is 17.8 Å². The standard InChI is InChI=1S/C12H12N2/c1-10-4-2-8-14-12(10)11-5-3-7-13-9-6-11/h2-8H,9H2,1H3. The molecule has 0 saturated heterocycles. The SMILES string of the molecule is Cc1cccnc1C1=CCN=CC=C1. The molecule has 0 saturated carbocycles. The van der Waals surface area contributed by atoms with Gasteiger partial charge >= 0.3 is 0 Å². The lowest BCUT2D eigenvalue weighted by atomic mass is 10.1. The minimum absolute atomic E-state index is 0.734. The van der Waals surface area contributed by atoms with Crippen molar-refractivity contribution in [3.8, 4) is 0 Å². The van der Waals surface area contributed by atoms with Crippen molar-refractivity contribution in [2.45, 2.75) is 6.92 Å². The first-order chi connectivity index (χ1) is 6.88. The Kier molecular flexibility index (Phi) is 2.54. The summed E-state index contributed by atoms with van der Waals surface area (Å²) in [5.74, 6) is 0. The molecule has 1 aromatic heterocycles. The molecule has 2 heterocycles. The fraction of sp³-hybridized carbons (Fsp3) is 0.167. The van der Waals surface area contributed by atoms with Gasteiger partial charge in [-0.1, -0.05) is 18.2 Å². The first-order valence-electron chi connectivity index (χ1n) is 4.66. The van der Waals surface area contributed by atoms with E-state index in [4.69, 9.17) is 0 Å². The molecule has 0 amide bonds. The molecule has 0 bridgehead atoms. The maximum atomic E-state index is 4.37. The average molecular weight is 184 g/mol. The van der Waals surface area contributed by atoms with Crippen LogP contribution in [0.4, 0.5) is 0 Å². The van der Waals surface area contributed by atoms with Gasteiger partial charge in [0.1, 0.15) is 0 Å². The molecule has 0 radical (unpaired) electrons. The molecule has 0 fully saturated rings. The zero-order valence-electron chi connectivity index (χ0n) is 8.14. The molecular weight excluding hydrogens is 172 g/mol. The van der Waals surface area contributed by atoms with Crippen LogP contribution in [-0.2, 0) is 0 Å². The minimum Gasteiger partial charge on any atom is -0.289 e. The van der Waals surface area contributed by atoms with Crippen LogP contribution >= 0.6 is 0 Å². The molecule has 0 spiro atoms. The Morgan fingerprint density at radius 1 is 1.36 bits per heavy atom. The Labute approximate surface area is 83.7 Å². The van der Waals surface area contributed by atoms with Crippen molar-refractivity contribution in [3.05, 3.63) is 47.8 Å². The van der Waals surface area contributed by atoms with Gasteiger partial charge in [0.05, 0.1) is 12.2 Å². The number of rotatable bonds is 1. The zero-order valence-corrected chi connectivity index (χ0v) is 8.14. The molecule has 70 valence electrons. The molecule has 0 aliphatic carbocycles. The van der Waals surface area contributed by atoms with Crippen LogP contribution in [0, 0.1) is 6.92 Å². The Morgan fingerprint density at radius 2 is 2.29 bits per heavy atom. The van der Waals surface area contributed by atoms with Gasteiger partial charge in [-0.3, -0.25) is 9.98 Å². The second kappa shape index (κ2) is 4.01. The smallest absolute Gasteiger partial charge is 0.0728 e. The predicted octanol–water partition coefficient (Wildman–Crippen LogP) is 2.41. The fourth-order valence-corrected chi connectivity index (χ4v) is 1.45. The Balaban J connectivity index is 2.40. The topological polar surface area (TPSA) is 25.2 Å². The Morgan fingerprint density at radius 3 is 3.14 bits per heavy atom. The van der Waals surface area contributed by atoms with E-state index in [9.17, 15) is 0 Å². The second-order valence-electron chi connectivity index (χ2n) is 3.20. The molecule has 0 aromatic carbocycles. The first-order valence-corrected chi connectivity index (χ1v) is 4.66. The lowest BCUT2D eigenvalue weighted by molar-refractivity contribution is 1.21. The van der Waals surface area contributed by atoms with Gasteiger partial charge in [-0.15, -0.1) is 0 Å². The van der Waals surface area contributed by atoms with Crippen LogP contribution in [0.2, 0.25) is 0 Å². The maximum absolute atomic E-state index is 4.37. The number of aryl methyl sites for hydroxylation is 1. The van der Waals surface area contributed by atoms with Crippen LogP contribution in [-0.4, -0.2) is 17.7 Å². The van der Waals surface area contributed by atoms with E-state index in [1.54, 1.807) is 0 Å². The predicted molar refractivity (Wildman–Crippen MR) is 59.5 cm³/mol. The number of hydrogen-bond acceptors (Lipinski definition) is 2. The molecule has 1 aromatic rings. The summed E-state index contributed by atoms with van der Waals surface area (Å²) in [5.41, 5.74) is 3.40. The van der Waals surface area contributed by atoms with Crippen LogP contribution in [0.5, 0.6) is 0 Å². The Hall–Kier alpha value is -1.70. The van der Waals surface area contributed by atoms with Crippen LogP contribution in [0.25, 0.3) is 5.57 Å². The van der Waals surface area contributed by atoms with E-state index < -0.39 is 0 Å². The third-order valence-electron chi connectivity index (χ3n) is 2.17. The minimum atomic E-state index is 0.734. The molecule has 2 heteroatoms. The third kappa shape index (κ3) is 1.79. The van der Waals surface area contributed by atoms with Crippen molar-refractivity contribution in [2.24, 2.45) is 4.99 Å². The first kappa shape index (κ1) is 8.88. The van der Waals surface area contributed by atoms with E-state index in [1.165, 1.54) is 5.56 Å². The molecule has 1 aliphatic rings. The number of aromatic nitrogens is 1. The highest BCUT2D eigenvalue weighted by molar-refractivity contribution is 5.82. The van der Waals surface area contributed by atoms with E-state index >= 15 is 0 Å². The molecule has 1 aliphatic heterocycles. The van der Waals surface area contributed by atoms with Crippen molar-refractivity contribution in [3.63, 3.8) is 0 Å². The van der Waals surface area contributed by atoms with Gasteiger partial charge in [0.25, 0.3) is 0 Å². The summed E-state index contributed by atoms with van der Waals surface area (Å²) in [6.07, 6.45) is 9.73. The lowest BCUT2D eigenvalue weighted by Crippen LogP contribution is -1.91. The van der Waals surface area contributed by atoms with Gasteiger partial charge in [-0.05, 0) is 30.2 Å². The van der Waals surface area contributed by atoms with Crippen molar-refractivity contribution >= 4 is 11.8 Å². The molecule has 2 nitrogen and oxygen atoms in total. The number of hydrogen-bond donors (Lipinski definition) is 0. The van der Waals surface area contributed by atoms with Crippen molar-refractivity contribution in [1.29, 1.82) is 0 Å². The fourth-order valence-electron chi connectivity index (χ4n) is 1.45. The van der Waals surface area contributed by atoms with Crippen LogP contribution < -0.4 is 0 Å². The summed E-state index contributed by atoms with van der Waals surface area (Å²) in [6.45, 7) is 2.81. The highest BCUT2D eigenvalue weighted by Gasteiger charge is 2.02. The maximum Gasteiger partial charge on any atom is 0.0728 e. The van der Waals surface area contributed by atoms with E-state index in [1.807, 2.05) is 30.6 Å². The highest BCUT2D eigenvalue weighted by atomic mass is 14.7. The highest BCUT2D eigenvalue weighted by Crippen LogP contribution is 2.17. The average Bonchev–Trinajstić information content (AvgIpc) is 2.47. The van der Waals surface area contributed by atoms with Gasteiger partial charge < -0.3 is 0 Å². The van der Waals surface area contributed by atoms with E-state index in [0.29, 0.717) is 0 Å². The largest absolute Gasteiger partial charge is 0.289 e. The molecule has 14 heavy (non-hydrogen) atoms. The molecule has 2 rings (SSSR count). The van der Waals surface area contributed by atoms with Gasteiger partial charge in [0.15, 0.2) is 0 Å². The van der Waals surface area contributed by atoms with E-state index in [2.05, 4.69) is 29.0 Å².